The molecule has 0 aliphatic rings. The van der Waals surface area contributed by atoms with E-state index in [1.807, 2.05) is 0 Å². The van der Waals surface area contributed by atoms with Crippen molar-refractivity contribution in [3.05, 3.63) is 89.4 Å². The zero-order chi connectivity index (χ0) is 20.4. The van der Waals surface area contributed by atoms with Gasteiger partial charge < -0.3 is 9.73 Å². The van der Waals surface area contributed by atoms with Crippen molar-refractivity contribution < 1.29 is 18.0 Å². The summed E-state index contributed by atoms with van der Waals surface area (Å²) in [5.74, 6) is -2.35. The van der Waals surface area contributed by atoms with E-state index in [4.69, 9.17) is 16.0 Å². The first-order valence-corrected chi connectivity index (χ1v) is 8.82. The Hall–Kier alpha value is -3.29. The van der Waals surface area contributed by atoms with Gasteiger partial charge in [-0.15, -0.1) is 12.4 Å². The van der Waals surface area contributed by atoms with Gasteiger partial charge in [0, 0.05) is 11.1 Å². The maximum Gasteiger partial charge on any atom is 0.261 e. The van der Waals surface area contributed by atoms with Gasteiger partial charge in [0.25, 0.3) is 5.91 Å². The molecule has 0 unspecified atom stereocenters. The molecule has 5 nitrogen and oxygen atoms in total. The highest BCUT2D eigenvalue weighted by Crippen LogP contribution is 2.31. The number of oxazole rings is 1. The highest BCUT2D eigenvalue weighted by molar-refractivity contribution is 6.33. The molecule has 0 fully saturated rings. The van der Waals surface area contributed by atoms with Crippen LogP contribution in [0.3, 0.4) is 0 Å². The molecular formula is C21H13Cl2F2N3O2. The van der Waals surface area contributed by atoms with Crippen molar-refractivity contribution in [2.45, 2.75) is 0 Å². The molecule has 2 aromatic carbocycles. The molecule has 0 radical (unpaired) electrons. The number of benzene rings is 2. The summed E-state index contributed by atoms with van der Waals surface area (Å²) >= 11 is 6.29. The minimum Gasteiger partial charge on any atom is -0.445 e. The van der Waals surface area contributed by atoms with Gasteiger partial charge in [-0.3, -0.25) is 9.78 Å². The SMILES string of the molecule is Cl.O=C(Nc1ccc(-c2cc(-c3ncco3)ccc2Cl)nc1)c1c(F)cccc1F. The normalized spacial score (nSPS) is 10.4. The molecule has 2 heterocycles. The number of pyridine rings is 1. The third-order valence-corrected chi connectivity index (χ3v) is 4.46. The lowest BCUT2D eigenvalue weighted by atomic mass is 10.1. The Morgan fingerprint density at radius 3 is 2.43 bits per heavy atom. The summed E-state index contributed by atoms with van der Waals surface area (Å²) in [4.78, 5) is 20.6. The van der Waals surface area contributed by atoms with Crippen LogP contribution < -0.4 is 5.32 Å². The number of rotatable bonds is 4. The van der Waals surface area contributed by atoms with Gasteiger partial charge in [-0.2, -0.15) is 0 Å². The molecule has 0 saturated carbocycles. The van der Waals surface area contributed by atoms with E-state index in [0.717, 1.165) is 17.7 Å². The zero-order valence-electron chi connectivity index (χ0n) is 15.1. The largest absolute Gasteiger partial charge is 0.445 e. The predicted molar refractivity (Wildman–Crippen MR) is 112 cm³/mol. The molecular weight excluding hydrogens is 435 g/mol. The van der Waals surface area contributed by atoms with Crippen molar-refractivity contribution >= 4 is 35.6 Å². The van der Waals surface area contributed by atoms with Gasteiger partial charge in [0.05, 0.1) is 28.8 Å². The lowest BCUT2D eigenvalue weighted by Gasteiger charge is -2.09. The maximum atomic E-state index is 13.7. The number of hydrogen-bond acceptors (Lipinski definition) is 4. The summed E-state index contributed by atoms with van der Waals surface area (Å²) < 4.78 is 32.8. The van der Waals surface area contributed by atoms with Crippen LogP contribution in [-0.4, -0.2) is 15.9 Å². The minimum absolute atomic E-state index is 0. The lowest BCUT2D eigenvalue weighted by molar-refractivity contribution is 0.101. The standard InChI is InChI=1S/C21H12ClF2N3O2.ClH/c22-15-6-4-12(21-25-8-9-29-21)10-14(15)18-7-5-13(11-26-18)27-20(28)19-16(23)2-1-3-17(19)24;/h1-11H,(H,27,28);1H. The number of carbonyl (C=O) groups is 1. The monoisotopic (exact) mass is 447 g/mol. The van der Waals surface area contributed by atoms with Crippen LogP contribution in [0.15, 0.2) is 71.6 Å². The molecule has 9 heteroatoms. The van der Waals surface area contributed by atoms with E-state index in [1.165, 1.54) is 24.7 Å². The van der Waals surface area contributed by atoms with Gasteiger partial charge in [-0.25, -0.2) is 13.8 Å². The molecule has 1 amide bonds. The molecule has 0 bridgehead atoms. The van der Waals surface area contributed by atoms with Crippen molar-refractivity contribution in [3.63, 3.8) is 0 Å². The summed E-state index contributed by atoms with van der Waals surface area (Å²) in [5.41, 5.74) is 1.53. The third-order valence-electron chi connectivity index (χ3n) is 4.13. The van der Waals surface area contributed by atoms with Crippen LogP contribution in [0.4, 0.5) is 14.5 Å². The van der Waals surface area contributed by atoms with E-state index in [9.17, 15) is 13.6 Å². The highest BCUT2D eigenvalue weighted by atomic mass is 35.5. The number of aromatic nitrogens is 2. The van der Waals surface area contributed by atoms with Gasteiger partial charge in [0.15, 0.2) is 0 Å². The van der Waals surface area contributed by atoms with Gasteiger partial charge in [0.2, 0.25) is 5.89 Å². The van der Waals surface area contributed by atoms with Crippen molar-refractivity contribution in [1.29, 1.82) is 0 Å². The van der Waals surface area contributed by atoms with E-state index in [1.54, 1.807) is 30.3 Å². The van der Waals surface area contributed by atoms with Gasteiger partial charge in [0.1, 0.15) is 23.5 Å². The van der Waals surface area contributed by atoms with E-state index < -0.39 is 23.1 Å². The molecule has 0 atom stereocenters. The summed E-state index contributed by atoms with van der Waals surface area (Å²) in [6.07, 6.45) is 4.38. The number of hydrogen-bond donors (Lipinski definition) is 1. The molecule has 4 aromatic rings. The number of nitrogens with one attached hydrogen (secondary N) is 1. The maximum absolute atomic E-state index is 13.7. The first kappa shape index (κ1) is 21.4. The van der Waals surface area contributed by atoms with E-state index in [0.29, 0.717) is 22.2 Å². The number of halogens is 4. The molecule has 1 N–H and O–H groups in total. The van der Waals surface area contributed by atoms with Crippen LogP contribution in [0.2, 0.25) is 5.02 Å². The fourth-order valence-corrected chi connectivity index (χ4v) is 2.97. The minimum atomic E-state index is -0.942. The predicted octanol–water partition coefficient (Wildman–Crippen LogP) is 6.01. The van der Waals surface area contributed by atoms with Crippen LogP contribution >= 0.6 is 24.0 Å². The Kier molecular flexibility index (Phi) is 6.44. The zero-order valence-corrected chi connectivity index (χ0v) is 16.7. The van der Waals surface area contributed by atoms with E-state index >= 15 is 0 Å². The fraction of sp³-hybridized carbons (Fsp3) is 0. The number of nitrogens with zero attached hydrogens (tertiary/aromatic N) is 2. The summed E-state index contributed by atoms with van der Waals surface area (Å²) in [6.45, 7) is 0. The topological polar surface area (TPSA) is 68.0 Å². The Balaban J connectivity index is 0.00000256. The Labute approximate surface area is 181 Å². The first-order chi connectivity index (χ1) is 14.0. The van der Waals surface area contributed by atoms with Crippen LogP contribution in [0, 0.1) is 11.6 Å². The Morgan fingerprint density at radius 1 is 1.03 bits per heavy atom. The third kappa shape index (κ3) is 4.32. The van der Waals surface area contributed by atoms with Crippen LogP contribution in [0.25, 0.3) is 22.7 Å². The van der Waals surface area contributed by atoms with Crippen molar-refractivity contribution in [2.75, 3.05) is 5.32 Å². The lowest BCUT2D eigenvalue weighted by Crippen LogP contribution is -2.15. The van der Waals surface area contributed by atoms with E-state index in [-0.39, 0.29) is 18.1 Å². The van der Waals surface area contributed by atoms with Gasteiger partial charge in [-0.1, -0.05) is 17.7 Å². The molecule has 0 saturated heterocycles. The fourth-order valence-electron chi connectivity index (χ4n) is 2.76. The van der Waals surface area contributed by atoms with Crippen LogP contribution in [0.5, 0.6) is 0 Å². The molecule has 0 aliphatic heterocycles. The van der Waals surface area contributed by atoms with Gasteiger partial charge >= 0.3 is 0 Å². The number of carbonyl (C=O) groups excluding carboxylic acids is 1. The average Bonchev–Trinajstić information content (AvgIpc) is 3.24. The molecule has 0 aliphatic carbocycles. The average molecular weight is 448 g/mol. The second-order valence-electron chi connectivity index (χ2n) is 6.01. The summed E-state index contributed by atoms with van der Waals surface area (Å²) in [6, 6.07) is 11.7. The van der Waals surface area contributed by atoms with Crippen molar-refractivity contribution in [2.24, 2.45) is 0 Å². The first-order valence-electron chi connectivity index (χ1n) is 8.44. The van der Waals surface area contributed by atoms with Gasteiger partial charge in [-0.05, 0) is 42.5 Å². The van der Waals surface area contributed by atoms with Crippen molar-refractivity contribution in [3.8, 4) is 22.7 Å². The summed E-state index contributed by atoms with van der Waals surface area (Å²) in [7, 11) is 0. The Bertz CT molecular complexity index is 1160. The summed E-state index contributed by atoms with van der Waals surface area (Å²) in [5, 5.41) is 2.90. The Morgan fingerprint density at radius 2 is 1.80 bits per heavy atom. The number of amides is 1. The second-order valence-corrected chi connectivity index (χ2v) is 6.42. The molecule has 2 aromatic heterocycles. The van der Waals surface area contributed by atoms with E-state index in [2.05, 4.69) is 15.3 Å². The van der Waals surface area contributed by atoms with Crippen molar-refractivity contribution in [1.82, 2.24) is 9.97 Å². The molecule has 30 heavy (non-hydrogen) atoms. The second kappa shape index (κ2) is 9.02. The smallest absolute Gasteiger partial charge is 0.261 e. The van der Waals surface area contributed by atoms with Crippen LogP contribution in [-0.2, 0) is 0 Å². The van der Waals surface area contributed by atoms with Crippen LogP contribution in [0.1, 0.15) is 10.4 Å². The molecule has 4 rings (SSSR count). The number of anilines is 1. The highest BCUT2D eigenvalue weighted by Gasteiger charge is 2.17. The quantitative estimate of drug-likeness (QED) is 0.415. The molecule has 152 valence electrons. The molecule has 0 spiro atoms.